The van der Waals surface area contributed by atoms with Crippen LogP contribution >= 0.6 is 11.3 Å². The molecule has 0 aliphatic carbocycles. The Kier molecular flexibility index (Phi) is 6.69. The van der Waals surface area contributed by atoms with Gasteiger partial charge >= 0.3 is 0 Å². The topological polar surface area (TPSA) is 110 Å². The monoisotopic (exact) mass is 528 g/mol. The molecule has 0 spiro atoms. The number of nitrogens with zero attached hydrogens (tertiary/aromatic N) is 4. The van der Waals surface area contributed by atoms with Crippen molar-refractivity contribution in [2.75, 3.05) is 38.8 Å². The third-order valence-corrected chi connectivity index (χ3v) is 9.82. The van der Waals surface area contributed by atoms with Crippen molar-refractivity contribution in [2.24, 2.45) is 0 Å². The number of benzene rings is 1. The number of carbonyl (C=O) groups excluding carboxylic acids is 2. The van der Waals surface area contributed by atoms with Gasteiger partial charge in [-0.25, -0.2) is 18.4 Å². The number of thiazole rings is 1. The molecule has 1 atom stereocenters. The first kappa shape index (κ1) is 24.6. The summed E-state index contributed by atoms with van der Waals surface area (Å²) in [7, 11) is 0.160. The van der Waals surface area contributed by atoms with Crippen molar-refractivity contribution in [3.05, 3.63) is 52.1 Å². The molecule has 1 unspecified atom stereocenters. The van der Waals surface area contributed by atoms with Gasteiger partial charge in [-0.1, -0.05) is 12.1 Å². The summed E-state index contributed by atoms with van der Waals surface area (Å²) in [4.78, 5) is 38.5. The van der Waals surface area contributed by atoms with E-state index < -0.39 is 9.84 Å². The number of amides is 2. The zero-order chi connectivity index (χ0) is 25.4. The molecule has 5 rings (SSSR count). The number of likely N-dealkylation sites (tertiary alicyclic amines) is 1. The van der Waals surface area contributed by atoms with Gasteiger partial charge in [0.25, 0.3) is 11.8 Å². The van der Waals surface area contributed by atoms with E-state index in [9.17, 15) is 18.0 Å². The SMILES string of the molecule is COc1cc(C(=O)N2CCC(c3nc(C(=O)N(C)C4CCS(=O)(=O)C4)cs3)CC2)nc2ccccc12. The second kappa shape index (κ2) is 9.78. The van der Waals surface area contributed by atoms with Gasteiger partial charge in [0, 0.05) is 48.9 Å². The zero-order valence-electron chi connectivity index (χ0n) is 20.2. The number of carbonyl (C=O) groups is 2. The molecule has 9 nitrogen and oxygen atoms in total. The number of piperidine rings is 1. The lowest BCUT2D eigenvalue weighted by Crippen LogP contribution is -2.38. The van der Waals surface area contributed by atoms with Crippen LogP contribution in [0.25, 0.3) is 10.9 Å². The maximum absolute atomic E-state index is 13.2. The minimum Gasteiger partial charge on any atom is -0.496 e. The van der Waals surface area contributed by atoms with Crippen molar-refractivity contribution < 1.29 is 22.7 Å². The highest BCUT2D eigenvalue weighted by Gasteiger charge is 2.34. The van der Waals surface area contributed by atoms with Gasteiger partial charge in [0.2, 0.25) is 0 Å². The maximum Gasteiger partial charge on any atom is 0.273 e. The normalized spacial score (nSPS) is 19.9. The lowest BCUT2D eigenvalue weighted by atomic mass is 9.97. The summed E-state index contributed by atoms with van der Waals surface area (Å²) in [5.41, 5.74) is 1.44. The van der Waals surface area contributed by atoms with E-state index in [-0.39, 0.29) is 35.3 Å². The molecule has 0 saturated carbocycles. The van der Waals surface area contributed by atoms with Crippen molar-refractivity contribution in [1.29, 1.82) is 0 Å². The summed E-state index contributed by atoms with van der Waals surface area (Å²) < 4.78 is 29.0. The maximum atomic E-state index is 13.2. The Bertz CT molecular complexity index is 1410. The van der Waals surface area contributed by atoms with E-state index >= 15 is 0 Å². The van der Waals surface area contributed by atoms with E-state index in [1.54, 1.807) is 30.5 Å². The molecule has 2 fully saturated rings. The molecule has 1 aromatic carbocycles. The number of ether oxygens (including phenoxy) is 1. The molecule has 36 heavy (non-hydrogen) atoms. The number of aromatic nitrogens is 2. The number of rotatable bonds is 5. The fourth-order valence-electron chi connectivity index (χ4n) is 4.91. The Balaban J connectivity index is 1.23. The van der Waals surface area contributed by atoms with Crippen LogP contribution in [0.5, 0.6) is 5.75 Å². The fourth-order valence-corrected chi connectivity index (χ4v) is 7.65. The Morgan fingerprint density at radius 2 is 1.86 bits per heavy atom. The first-order chi connectivity index (χ1) is 17.3. The molecule has 4 heterocycles. The van der Waals surface area contributed by atoms with E-state index in [1.165, 1.54) is 16.2 Å². The first-order valence-corrected chi connectivity index (χ1v) is 14.6. The van der Waals surface area contributed by atoms with Crippen LogP contribution in [0.3, 0.4) is 0 Å². The molecule has 2 aromatic heterocycles. The number of para-hydroxylation sites is 1. The van der Waals surface area contributed by atoms with Crippen molar-refractivity contribution >= 4 is 43.9 Å². The predicted molar refractivity (Wildman–Crippen MR) is 137 cm³/mol. The van der Waals surface area contributed by atoms with E-state index in [0.717, 1.165) is 28.8 Å². The van der Waals surface area contributed by atoms with Gasteiger partial charge in [0.15, 0.2) is 9.84 Å². The summed E-state index contributed by atoms with van der Waals surface area (Å²) in [6.45, 7) is 1.14. The van der Waals surface area contributed by atoms with Crippen LogP contribution in [0.15, 0.2) is 35.7 Å². The smallest absolute Gasteiger partial charge is 0.273 e. The van der Waals surface area contributed by atoms with Gasteiger partial charge in [-0.15, -0.1) is 11.3 Å². The Hall–Kier alpha value is -3.05. The Morgan fingerprint density at radius 1 is 1.11 bits per heavy atom. The van der Waals surface area contributed by atoms with E-state index in [0.29, 0.717) is 36.6 Å². The first-order valence-electron chi connectivity index (χ1n) is 11.9. The summed E-state index contributed by atoms with van der Waals surface area (Å²) >= 11 is 1.45. The minimum atomic E-state index is -3.07. The highest BCUT2D eigenvalue weighted by molar-refractivity contribution is 7.91. The Morgan fingerprint density at radius 3 is 2.56 bits per heavy atom. The average molecular weight is 529 g/mol. The van der Waals surface area contributed by atoms with Gasteiger partial charge < -0.3 is 14.5 Å². The molecule has 11 heteroatoms. The summed E-state index contributed by atoms with van der Waals surface area (Å²) in [5, 5.41) is 3.49. The summed E-state index contributed by atoms with van der Waals surface area (Å²) in [6, 6.07) is 8.97. The van der Waals surface area contributed by atoms with Gasteiger partial charge in [0.1, 0.15) is 17.1 Å². The van der Waals surface area contributed by atoms with Gasteiger partial charge in [-0.2, -0.15) is 0 Å². The quantitative estimate of drug-likeness (QED) is 0.501. The van der Waals surface area contributed by atoms with Crippen LogP contribution in [0.4, 0.5) is 0 Å². The van der Waals surface area contributed by atoms with E-state index in [2.05, 4.69) is 9.97 Å². The van der Waals surface area contributed by atoms with Crippen LogP contribution in [-0.4, -0.2) is 84.8 Å². The predicted octanol–water partition coefficient (Wildman–Crippen LogP) is 2.98. The third kappa shape index (κ3) is 4.81. The van der Waals surface area contributed by atoms with E-state index in [4.69, 9.17) is 4.74 Å². The highest BCUT2D eigenvalue weighted by atomic mass is 32.2. The van der Waals surface area contributed by atoms with Gasteiger partial charge in [-0.05, 0) is 31.4 Å². The second-order valence-corrected chi connectivity index (χ2v) is 12.5. The molecule has 3 aromatic rings. The largest absolute Gasteiger partial charge is 0.496 e. The van der Waals surface area contributed by atoms with Crippen molar-refractivity contribution in [1.82, 2.24) is 19.8 Å². The molecular formula is C25H28N4O5S2. The molecule has 190 valence electrons. The van der Waals surface area contributed by atoms with Crippen molar-refractivity contribution in [3.8, 4) is 5.75 Å². The van der Waals surface area contributed by atoms with Crippen LogP contribution in [0, 0.1) is 0 Å². The van der Waals surface area contributed by atoms with Crippen LogP contribution < -0.4 is 4.74 Å². The number of pyridine rings is 1. The molecule has 2 amide bonds. The minimum absolute atomic E-state index is 0.0106. The lowest BCUT2D eigenvalue weighted by Gasteiger charge is -2.31. The van der Waals surface area contributed by atoms with E-state index in [1.807, 2.05) is 24.3 Å². The summed E-state index contributed by atoms with van der Waals surface area (Å²) in [5.74, 6) is 0.549. The molecule has 2 aliphatic rings. The standard InChI is InChI=1S/C25H28N4O5S2/c1-28(17-9-12-36(32,33)15-17)24(30)21-14-35-23(27-21)16-7-10-29(11-8-16)25(31)20-13-22(34-2)18-5-3-4-6-19(18)26-20/h3-6,13-14,16-17H,7-12,15H2,1-2H3. The second-order valence-electron chi connectivity index (χ2n) is 9.34. The van der Waals surface area contributed by atoms with Crippen LogP contribution in [0.2, 0.25) is 0 Å². The number of sulfone groups is 1. The fraction of sp³-hybridized carbons (Fsp3) is 0.440. The number of methoxy groups -OCH3 is 1. The van der Waals surface area contributed by atoms with Crippen LogP contribution in [-0.2, 0) is 9.84 Å². The average Bonchev–Trinajstić information content (AvgIpc) is 3.53. The van der Waals surface area contributed by atoms with Crippen molar-refractivity contribution in [2.45, 2.75) is 31.2 Å². The van der Waals surface area contributed by atoms with Crippen LogP contribution in [0.1, 0.15) is 51.2 Å². The summed E-state index contributed by atoms with van der Waals surface area (Å²) in [6.07, 6.45) is 1.95. The molecule has 0 bridgehead atoms. The molecule has 2 aliphatic heterocycles. The Labute approximate surface area is 214 Å². The van der Waals surface area contributed by atoms with Gasteiger partial charge in [-0.3, -0.25) is 9.59 Å². The van der Waals surface area contributed by atoms with Crippen molar-refractivity contribution in [3.63, 3.8) is 0 Å². The number of hydrogen-bond acceptors (Lipinski definition) is 8. The molecule has 2 saturated heterocycles. The zero-order valence-corrected chi connectivity index (χ0v) is 21.8. The molecule has 0 N–H and O–H groups in total. The molecular weight excluding hydrogens is 500 g/mol. The highest BCUT2D eigenvalue weighted by Crippen LogP contribution is 2.32. The van der Waals surface area contributed by atoms with Gasteiger partial charge in [0.05, 0.1) is 29.1 Å². The lowest BCUT2D eigenvalue weighted by molar-refractivity contribution is 0.0707. The third-order valence-electron chi connectivity index (χ3n) is 7.07. The number of hydrogen-bond donors (Lipinski definition) is 0. The number of fused-ring (bicyclic) bond motifs is 1. The molecule has 0 radical (unpaired) electrons.